The molecule has 2 aliphatic carbocycles. The number of ether oxygens (including phenoxy) is 2. The first kappa shape index (κ1) is 26.5. The predicted octanol–water partition coefficient (Wildman–Crippen LogP) is 5.59. The highest BCUT2D eigenvalue weighted by molar-refractivity contribution is 5.87. The maximum atomic E-state index is 12.2. The zero-order valence-electron chi connectivity index (χ0n) is 21.7. The first-order valence-electron chi connectivity index (χ1n) is 13.0. The molecule has 1 spiro atoms. The topological polar surface area (TPSA) is 76.7 Å². The zero-order valence-corrected chi connectivity index (χ0v) is 21.7. The number of alkyl carbamates (subject to hydrolysis) is 1. The molecular weight excluding hydrogens is 428 g/mol. The summed E-state index contributed by atoms with van der Waals surface area (Å²) in [5, 5.41) is 5.47. The Morgan fingerprint density at radius 2 is 1.85 bits per heavy atom. The third-order valence-electron chi connectivity index (χ3n) is 7.42. The van der Waals surface area contributed by atoms with Crippen molar-refractivity contribution >= 4 is 12.0 Å². The van der Waals surface area contributed by atoms with Crippen molar-refractivity contribution in [3.8, 4) is 0 Å². The van der Waals surface area contributed by atoms with E-state index in [4.69, 9.17) is 9.47 Å². The quantitative estimate of drug-likeness (QED) is 0.356. The lowest BCUT2D eigenvalue weighted by Crippen LogP contribution is -2.39. The summed E-state index contributed by atoms with van der Waals surface area (Å²) in [6, 6.07) is 0.218. The minimum Gasteiger partial charge on any atom is -0.442 e. The molecule has 6 heteroatoms. The summed E-state index contributed by atoms with van der Waals surface area (Å²) in [6.07, 6.45) is 19.7. The van der Waals surface area contributed by atoms with E-state index in [0.29, 0.717) is 11.3 Å². The summed E-state index contributed by atoms with van der Waals surface area (Å²) in [4.78, 5) is 23.4. The lowest BCUT2D eigenvalue weighted by atomic mass is 9.82. The molecule has 34 heavy (non-hydrogen) atoms. The van der Waals surface area contributed by atoms with Crippen LogP contribution in [0.3, 0.4) is 0 Å². The molecule has 6 nitrogen and oxygen atoms in total. The second-order valence-electron chi connectivity index (χ2n) is 11.3. The molecule has 0 aromatic carbocycles. The van der Waals surface area contributed by atoms with Crippen molar-refractivity contribution in [3.05, 3.63) is 36.0 Å². The SMILES string of the molecule is CNC(=O)O[C@@H](C)/C=C\C(=O)NC1CCC(C/C=C(C)/C=C/[C@@H]2CC3(CC3)CC(C)(C)O2)CC1. The lowest BCUT2D eigenvalue weighted by molar-refractivity contribution is -0.117. The Labute approximate surface area is 205 Å². The fourth-order valence-corrected chi connectivity index (χ4v) is 5.52. The zero-order chi connectivity index (χ0) is 24.8. The molecule has 2 atom stereocenters. The van der Waals surface area contributed by atoms with Crippen LogP contribution in [-0.4, -0.2) is 42.9 Å². The van der Waals surface area contributed by atoms with Crippen LogP contribution in [0, 0.1) is 11.3 Å². The van der Waals surface area contributed by atoms with Gasteiger partial charge in [-0.3, -0.25) is 4.79 Å². The van der Waals surface area contributed by atoms with Gasteiger partial charge < -0.3 is 20.1 Å². The van der Waals surface area contributed by atoms with E-state index in [2.05, 4.69) is 49.6 Å². The Morgan fingerprint density at radius 1 is 1.15 bits per heavy atom. The molecule has 0 aromatic heterocycles. The van der Waals surface area contributed by atoms with E-state index in [1.54, 1.807) is 13.0 Å². The summed E-state index contributed by atoms with van der Waals surface area (Å²) >= 11 is 0. The van der Waals surface area contributed by atoms with Crippen LogP contribution in [0.2, 0.25) is 0 Å². The highest BCUT2D eigenvalue weighted by Gasteiger charge is 2.51. The molecular formula is C28H44N2O4. The van der Waals surface area contributed by atoms with E-state index >= 15 is 0 Å². The molecule has 0 aromatic rings. The standard InChI is InChI=1S/C28H44N2O4/c1-20(7-14-24-18-28(16-17-28)19-27(3,4)34-24)6-9-22-10-12-23(13-11-22)30-25(31)15-8-21(2)33-26(32)29-5/h6-8,14-15,21-24H,9-13,16-19H2,1-5H3,(H,29,32)(H,30,31)/b14-7+,15-8-,20-6+/t21-,22?,23?,24+/m0/s1. The molecule has 2 amide bonds. The first-order valence-corrected chi connectivity index (χ1v) is 13.0. The van der Waals surface area contributed by atoms with Crippen molar-refractivity contribution in [1.82, 2.24) is 10.6 Å². The monoisotopic (exact) mass is 472 g/mol. The van der Waals surface area contributed by atoms with Gasteiger partial charge in [-0.1, -0.05) is 23.8 Å². The van der Waals surface area contributed by atoms with Gasteiger partial charge in [0.05, 0.1) is 11.7 Å². The Morgan fingerprint density at radius 3 is 2.50 bits per heavy atom. The molecule has 2 N–H and O–H groups in total. The molecule has 1 heterocycles. The van der Waals surface area contributed by atoms with E-state index in [-0.39, 0.29) is 23.7 Å². The number of allylic oxidation sites excluding steroid dienone is 3. The van der Waals surface area contributed by atoms with Crippen molar-refractivity contribution in [2.75, 3.05) is 7.05 Å². The van der Waals surface area contributed by atoms with Gasteiger partial charge in [0.25, 0.3) is 0 Å². The second kappa shape index (κ2) is 11.6. The smallest absolute Gasteiger partial charge is 0.407 e. The average molecular weight is 473 g/mol. The van der Waals surface area contributed by atoms with Crippen LogP contribution in [-0.2, 0) is 14.3 Å². The van der Waals surface area contributed by atoms with Crippen LogP contribution >= 0.6 is 0 Å². The maximum absolute atomic E-state index is 12.2. The average Bonchev–Trinajstić information content (AvgIpc) is 3.51. The van der Waals surface area contributed by atoms with E-state index in [9.17, 15) is 9.59 Å². The number of carbonyl (C=O) groups is 2. The normalized spacial score (nSPS) is 29.2. The number of nitrogens with one attached hydrogen (secondary N) is 2. The van der Waals surface area contributed by atoms with Gasteiger partial charge >= 0.3 is 6.09 Å². The highest BCUT2D eigenvalue weighted by Crippen LogP contribution is 2.58. The molecule has 3 aliphatic rings. The van der Waals surface area contributed by atoms with E-state index in [1.807, 2.05) is 0 Å². The lowest BCUT2D eigenvalue weighted by Gasteiger charge is -2.40. The third-order valence-corrected chi connectivity index (χ3v) is 7.42. The number of amides is 2. The molecule has 2 saturated carbocycles. The maximum Gasteiger partial charge on any atom is 0.407 e. The summed E-state index contributed by atoms with van der Waals surface area (Å²) < 4.78 is 11.4. The van der Waals surface area contributed by atoms with Crippen LogP contribution < -0.4 is 10.6 Å². The van der Waals surface area contributed by atoms with E-state index < -0.39 is 12.2 Å². The van der Waals surface area contributed by atoms with Gasteiger partial charge in [-0.05, 0) is 103 Å². The van der Waals surface area contributed by atoms with Crippen LogP contribution in [0.25, 0.3) is 0 Å². The van der Waals surface area contributed by atoms with Crippen LogP contribution in [0.5, 0.6) is 0 Å². The molecule has 0 bridgehead atoms. The van der Waals surface area contributed by atoms with E-state index in [0.717, 1.165) is 32.1 Å². The van der Waals surface area contributed by atoms with Crippen molar-refractivity contribution in [1.29, 1.82) is 0 Å². The van der Waals surface area contributed by atoms with Crippen molar-refractivity contribution in [2.45, 2.75) is 109 Å². The van der Waals surface area contributed by atoms with Crippen LogP contribution in [0.4, 0.5) is 4.79 Å². The van der Waals surface area contributed by atoms with Crippen molar-refractivity contribution in [2.24, 2.45) is 11.3 Å². The molecule has 0 radical (unpaired) electrons. The molecule has 3 rings (SSSR count). The summed E-state index contributed by atoms with van der Waals surface area (Å²) in [7, 11) is 1.51. The van der Waals surface area contributed by atoms with Gasteiger partial charge in [-0.25, -0.2) is 4.79 Å². The molecule has 3 fully saturated rings. The molecule has 1 saturated heterocycles. The Kier molecular flexibility index (Phi) is 9.02. The summed E-state index contributed by atoms with van der Waals surface area (Å²) in [5.74, 6) is 0.547. The predicted molar refractivity (Wildman–Crippen MR) is 135 cm³/mol. The van der Waals surface area contributed by atoms with E-state index in [1.165, 1.54) is 44.4 Å². The Balaban J connectivity index is 1.35. The fraction of sp³-hybridized carbons (Fsp3) is 0.714. The number of hydrogen-bond acceptors (Lipinski definition) is 4. The minimum atomic E-state index is -0.506. The Bertz CT molecular complexity index is 795. The van der Waals surface area contributed by atoms with Gasteiger partial charge in [0.15, 0.2) is 0 Å². The third kappa shape index (κ3) is 8.61. The largest absolute Gasteiger partial charge is 0.442 e. The van der Waals surface area contributed by atoms with Gasteiger partial charge in [0, 0.05) is 19.2 Å². The number of carbonyl (C=O) groups excluding carboxylic acids is 2. The first-order chi connectivity index (χ1) is 16.1. The van der Waals surface area contributed by atoms with Gasteiger partial charge in [-0.15, -0.1) is 0 Å². The molecule has 1 aliphatic heterocycles. The summed E-state index contributed by atoms with van der Waals surface area (Å²) in [5.41, 5.74) is 1.85. The summed E-state index contributed by atoms with van der Waals surface area (Å²) in [6.45, 7) is 8.37. The van der Waals surface area contributed by atoms with Gasteiger partial charge in [0.1, 0.15) is 6.10 Å². The van der Waals surface area contributed by atoms with Crippen LogP contribution in [0.15, 0.2) is 36.0 Å². The second-order valence-corrected chi connectivity index (χ2v) is 11.3. The van der Waals surface area contributed by atoms with Gasteiger partial charge in [0.2, 0.25) is 5.91 Å². The fourth-order valence-electron chi connectivity index (χ4n) is 5.52. The van der Waals surface area contributed by atoms with Gasteiger partial charge in [-0.2, -0.15) is 0 Å². The number of hydrogen-bond donors (Lipinski definition) is 2. The minimum absolute atomic E-state index is 0.0111. The molecule has 190 valence electrons. The molecule has 0 unspecified atom stereocenters. The van der Waals surface area contributed by atoms with Crippen LogP contribution in [0.1, 0.15) is 85.5 Å². The van der Waals surface area contributed by atoms with Crippen molar-refractivity contribution < 1.29 is 19.1 Å². The highest BCUT2D eigenvalue weighted by atomic mass is 16.6. The Hall–Kier alpha value is -2.08. The number of rotatable bonds is 8. The van der Waals surface area contributed by atoms with Crippen molar-refractivity contribution in [3.63, 3.8) is 0 Å².